The van der Waals surface area contributed by atoms with E-state index in [9.17, 15) is 14.7 Å². The van der Waals surface area contributed by atoms with Crippen molar-refractivity contribution in [2.24, 2.45) is 11.8 Å². The van der Waals surface area contributed by atoms with Gasteiger partial charge in [-0.1, -0.05) is 44.2 Å². The third-order valence-electron chi connectivity index (χ3n) is 10.7. The van der Waals surface area contributed by atoms with Crippen molar-refractivity contribution in [3.8, 4) is 0 Å². The Balaban J connectivity index is 1.61. The maximum absolute atomic E-state index is 15.0. The largest absolute Gasteiger partial charge is 0.394 e. The number of ether oxygens (including phenoxy) is 1. The van der Waals surface area contributed by atoms with Gasteiger partial charge in [0.1, 0.15) is 11.6 Å². The molecular weight excluding hydrogens is 592 g/mol. The van der Waals surface area contributed by atoms with E-state index in [1.165, 1.54) is 0 Å². The summed E-state index contributed by atoms with van der Waals surface area (Å²) < 4.78 is 7.04. The van der Waals surface area contributed by atoms with E-state index in [0.717, 1.165) is 18.8 Å². The van der Waals surface area contributed by atoms with Gasteiger partial charge in [-0.05, 0) is 75.9 Å². The van der Waals surface area contributed by atoms with Gasteiger partial charge in [0.05, 0.1) is 30.1 Å². The number of likely N-dealkylation sites (tertiary alicyclic amines) is 1. The van der Waals surface area contributed by atoms with Gasteiger partial charge < -0.3 is 29.4 Å². The molecule has 3 amide bonds. The van der Waals surface area contributed by atoms with Gasteiger partial charge in [0.15, 0.2) is 0 Å². The first-order chi connectivity index (χ1) is 22.7. The zero-order chi connectivity index (χ0) is 33.9. The van der Waals surface area contributed by atoms with Gasteiger partial charge in [-0.2, -0.15) is 0 Å². The second kappa shape index (κ2) is 14.0. The molecule has 3 heterocycles. The lowest BCUT2D eigenvalue weighted by Gasteiger charge is -2.39. The van der Waals surface area contributed by atoms with Crippen molar-refractivity contribution in [1.82, 2.24) is 4.90 Å². The van der Waals surface area contributed by atoms with E-state index in [4.69, 9.17) is 4.74 Å². The molecule has 2 bridgehead atoms. The Kier molecular flexibility index (Phi) is 10.3. The molecule has 47 heavy (non-hydrogen) atoms. The molecule has 0 saturated carbocycles. The number of benzene rings is 2. The molecule has 1 N–H and O–H groups in total. The Morgan fingerprint density at radius 3 is 2.02 bits per heavy atom. The van der Waals surface area contributed by atoms with E-state index >= 15 is 4.79 Å². The molecule has 2 unspecified atom stereocenters. The third kappa shape index (κ3) is 5.57. The molecule has 1 spiro atoms. The minimum absolute atomic E-state index is 0.210. The highest BCUT2D eigenvalue weighted by Crippen LogP contribution is 2.65. The molecule has 3 fully saturated rings. The average Bonchev–Trinajstić information content (AvgIpc) is 3.71. The monoisotopic (exact) mass is 642 g/mol. The van der Waals surface area contributed by atoms with E-state index in [1.54, 1.807) is 26.9 Å². The van der Waals surface area contributed by atoms with Gasteiger partial charge in [-0.15, -0.1) is 13.2 Å². The summed E-state index contributed by atoms with van der Waals surface area (Å²) in [6.45, 7) is 17.8. The van der Waals surface area contributed by atoms with Crippen molar-refractivity contribution in [1.29, 1.82) is 0 Å². The SMILES string of the molecule is C=CCN(C(=O)C1N([C@@H](CC)CO)C(=O)[C@@H]2[C@@H](C(=O)N(CC=C)c3ccccc3)[C@@]3(CC)CCC12O3)c1ccc(N(CC)CC)cc1. The summed E-state index contributed by atoms with van der Waals surface area (Å²) in [6, 6.07) is 15.6. The second-order valence-electron chi connectivity index (χ2n) is 12.8. The molecule has 0 aromatic heterocycles. The summed E-state index contributed by atoms with van der Waals surface area (Å²) >= 11 is 0. The van der Waals surface area contributed by atoms with Crippen LogP contribution in [-0.4, -0.2) is 83.8 Å². The highest BCUT2D eigenvalue weighted by molar-refractivity contribution is 6.07. The summed E-state index contributed by atoms with van der Waals surface area (Å²) in [4.78, 5) is 51.6. The fraction of sp³-hybridized carbons (Fsp3) is 0.500. The molecule has 6 atom stereocenters. The number of fused-ring (bicyclic) bond motifs is 1. The van der Waals surface area contributed by atoms with Crippen LogP contribution >= 0.6 is 0 Å². The predicted molar refractivity (Wildman–Crippen MR) is 186 cm³/mol. The van der Waals surface area contributed by atoms with Crippen LogP contribution in [0.1, 0.15) is 53.4 Å². The predicted octanol–water partition coefficient (Wildman–Crippen LogP) is 5.20. The number of nitrogens with zero attached hydrogens (tertiary/aromatic N) is 4. The van der Waals surface area contributed by atoms with Crippen molar-refractivity contribution in [2.45, 2.75) is 76.7 Å². The Hall–Kier alpha value is -3.95. The number of hydrogen-bond acceptors (Lipinski definition) is 6. The van der Waals surface area contributed by atoms with E-state index in [-0.39, 0.29) is 37.4 Å². The molecule has 3 aliphatic heterocycles. The minimum Gasteiger partial charge on any atom is -0.394 e. The lowest BCUT2D eigenvalue weighted by Crippen LogP contribution is -2.59. The Morgan fingerprint density at radius 1 is 0.915 bits per heavy atom. The first-order valence-electron chi connectivity index (χ1n) is 17.1. The molecular formula is C38H50N4O5. The van der Waals surface area contributed by atoms with E-state index < -0.39 is 35.1 Å². The van der Waals surface area contributed by atoms with Crippen LogP contribution < -0.4 is 14.7 Å². The summed E-state index contributed by atoms with van der Waals surface area (Å²) in [5.41, 5.74) is 0.332. The normalized spacial score (nSPS) is 26.5. The first-order valence-corrected chi connectivity index (χ1v) is 17.1. The van der Waals surface area contributed by atoms with E-state index in [1.807, 2.05) is 68.4 Å². The standard InChI is InChI=1S/C38H50N4O5/c1-7-24-40(29-16-14-13-15-17-29)34(44)31-32-35(45)42(27(9-3)26-43)33(38(32)23-22-37(31,10-4)47-38)36(46)41(25-8-2)30-20-18-28(19-21-30)39(11-5)12-6/h7-8,13-21,27,31-33,43H,1-2,9-12,22-26H2,3-6H3/t27-,31-,32-,33?,37+,38?/m0/s1. The molecule has 3 saturated heterocycles. The molecule has 2 aromatic carbocycles. The molecule has 9 heteroatoms. The smallest absolute Gasteiger partial charge is 0.253 e. The third-order valence-corrected chi connectivity index (χ3v) is 10.7. The fourth-order valence-corrected chi connectivity index (χ4v) is 8.38. The summed E-state index contributed by atoms with van der Waals surface area (Å²) in [6.07, 6.45) is 5.33. The van der Waals surface area contributed by atoms with Crippen LogP contribution in [0.5, 0.6) is 0 Å². The number of carbonyl (C=O) groups excluding carboxylic acids is 3. The van der Waals surface area contributed by atoms with Gasteiger partial charge in [-0.25, -0.2) is 0 Å². The van der Waals surface area contributed by atoms with Gasteiger partial charge in [0.25, 0.3) is 5.91 Å². The number of amides is 3. The van der Waals surface area contributed by atoms with E-state index in [2.05, 4.69) is 31.9 Å². The van der Waals surface area contributed by atoms with Crippen molar-refractivity contribution >= 4 is 34.8 Å². The lowest BCUT2D eigenvalue weighted by molar-refractivity contribution is -0.149. The average molecular weight is 643 g/mol. The van der Waals surface area contributed by atoms with Crippen LogP contribution in [0, 0.1) is 11.8 Å². The lowest BCUT2D eigenvalue weighted by atomic mass is 9.64. The summed E-state index contributed by atoms with van der Waals surface area (Å²) in [5, 5.41) is 10.5. The number of hydrogen-bond donors (Lipinski definition) is 1. The van der Waals surface area contributed by atoms with Crippen LogP contribution in [0.25, 0.3) is 0 Å². The number of aliphatic hydroxyl groups excluding tert-OH is 1. The van der Waals surface area contributed by atoms with Crippen LogP contribution in [0.4, 0.5) is 17.1 Å². The number of para-hydroxylation sites is 1. The molecule has 0 aliphatic carbocycles. The van der Waals surface area contributed by atoms with Gasteiger partial charge in [0, 0.05) is 43.2 Å². The highest BCUT2D eigenvalue weighted by atomic mass is 16.5. The Bertz CT molecular complexity index is 1460. The van der Waals surface area contributed by atoms with Crippen LogP contribution in [0.15, 0.2) is 79.9 Å². The maximum atomic E-state index is 15.0. The number of rotatable bonds is 15. The van der Waals surface area contributed by atoms with Crippen molar-refractivity contribution < 1.29 is 24.2 Å². The molecule has 252 valence electrons. The van der Waals surface area contributed by atoms with Gasteiger partial charge >= 0.3 is 0 Å². The number of anilines is 3. The molecule has 9 nitrogen and oxygen atoms in total. The highest BCUT2D eigenvalue weighted by Gasteiger charge is 2.79. The molecule has 0 radical (unpaired) electrons. The van der Waals surface area contributed by atoms with Gasteiger partial charge in [0.2, 0.25) is 11.8 Å². The summed E-state index contributed by atoms with van der Waals surface area (Å²) in [7, 11) is 0. The fourth-order valence-electron chi connectivity index (χ4n) is 8.38. The quantitative estimate of drug-likeness (QED) is 0.269. The molecule has 3 aliphatic rings. The van der Waals surface area contributed by atoms with Crippen molar-refractivity contribution in [3.05, 3.63) is 79.9 Å². The maximum Gasteiger partial charge on any atom is 0.253 e. The van der Waals surface area contributed by atoms with Gasteiger partial charge in [-0.3, -0.25) is 14.4 Å². The number of carbonyl (C=O) groups is 3. The van der Waals surface area contributed by atoms with Crippen molar-refractivity contribution in [2.75, 3.05) is 47.5 Å². The van der Waals surface area contributed by atoms with Crippen LogP contribution in [0.2, 0.25) is 0 Å². The summed E-state index contributed by atoms with van der Waals surface area (Å²) in [5.74, 6) is -2.48. The van der Waals surface area contributed by atoms with E-state index in [0.29, 0.717) is 37.1 Å². The topological polar surface area (TPSA) is 93.6 Å². The van der Waals surface area contributed by atoms with Crippen LogP contribution in [-0.2, 0) is 19.1 Å². The van der Waals surface area contributed by atoms with Crippen molar-refractivity contribution in [3.63, 3.8) is 0 Å². The van der Waals surface area contributed by atoms with Crippen LogP contribution in [0.3, 0.4) is 0 Å². The zero-order valence-electron chi connectivity index (χ0n) is 28.3. The Labute approximate surface area is 279 Å². The first kappa shape index (κ1) is 34.4. The number of aliphatic hydroxyl groups is 1. The minimum atomic E-state index is -1.22. The zero-order valence-corrected chi connectivity index (χ0v) is 28.3. The molecule has 5 rings (SSSR count). The Morgan fingerprint density at radius 2 is 1.49 bits per heavy atom. The second-order valence-corrected chi connectivity index (χ2v) is 12.8. The molecule has 2 aromatic rings.